The molecule has 0 aromatic carbocycles. The van der Waals surface area contributed by atoms with Gasteiger partial charge in [-0.15, -0.1) is 0 Å². The number of rotatable bonds is 10. The molecule has 2 nitrogen and oxygen atoms in total. The highest BCUT2D eigenvalue weighted by Crippen LogP contribution is 2.32. The molecule has 0 amide bonds. The van der Waals surface area contributed by atoms with Crippen molar-refractivity contribution in [2.75, 3.05) is 0 Å². The Morgan fingerprint density at radius 2 is 1.52 bits per heavy atom. The predicted octanol–water partition coefficient (Wildman–Crippen LogP) is 6.37. The van der Waals surface area contributed by atoms with Gasteiger partial charge in [-0.3, -0.25) is 4.68 Å². The molecule has 0 N–H and O–H groups in total. The third kappa shape index (κ3) is 5.26. The Morgan fingerprint density at radius 1 is 0.952 bits per heavy atom. The first-order chi connectivity index (χ1) is 9.96. The molecule has 1 rings (SSSR count). The molecule has 0 fully saturated rings. The molecule has 0 saturated carbocycles. The molecule has 1 aromatic rings. The molecule has 0 radical (unpaired) electrons. The second-order valence-corrected chi connectivity index (χ2v) is 7.70. The van der Waals surface area contributed by atoms with E-state index in [1.807, 2.05) is 0 Å². The SMILES string of the molecule is CCCCCCCC(C)(CCCC)n1nc(I)c(C)c1C. The smallest absolute Gasteiger partial charge is 0.126 e. The van der Waals surface area contributed by atoms with Crippen molar-refractivity contribution < 1.29 is 0 Å². The molecule has 0 aliphatic rings. The maximum atomic E-state index is 4.85. The fraction of sp³-hybridized carbons (Fsp3) is 0.833. The van der Waals surface area contributed by atoms with E-state index in [4.69, 9.17) is 5.10 Å². The van der Waals surface area contributed by atoms with Gasteiger partial charge in [0, 0.05) is 11.3 Å². The largest absolute Gasteiger partial charge is 0.263 e. The van der Waals surface area contributed by atoms with Gasteiger partial charge in [0.05, 0.1) is 5.54 Å². The normalized spacial score (nSPS) is 14.4. The number of aromatic nitrogens is 2. The summed E-state index contributed by atoms with van der Waals surface area (Å²) in [7, 11) is 0. The van der Waals surface area contributed by atoms with E-state index in [-0.39, 0.29) is 5.54 Å². The number of hydrogen-bond donors (Lipinski definition) is 0. The van der Waals surface area contributed by atoms with Crippen molar-refractivity contribution >= 4 is 22.6 Å². The molecule has 1 unspecified atom stereocenters. The van der Waals surface area contributed by atoms with Crippen LogP contribution in [0.5, 0.6) is 0 Å². The molecule has 0 saturated heterocycles. The first-order valence-electron chi connectivity index (χ1n) is 8.68. The molecule has 122 valence electrons. The van der Waals surface area contributed by atoms with E-state index < -0.39 is 0 Å². The van der Waals surface area contributed by atoms with E-state index >= 15 is 0 Å². The molecule has 1 atom stereocenters. The predicted molar refractivity (Wildman–Crippen MR) is 101 cm³/mol. The first-order valence-corrected chi connectivity index (χ1v) is 9.76. The molecule has 3 heteroatoms. The lowest BCUT2D eigenvalue weighted by Crippen LogP contribution is -2.32. The van der Waals surface area contributed by atoms with Crippen LogP contribution in [0.2, 0.25) is 0 Å². The Morgan fingerprint density at radius 3 is 2.05 bits per heavy atom. The Balaban J connectivity index is 2.79. The monoisotopic (exact) mass is 404 g/mol. The molecule has 1 heterocycles. The van der Waals surface area contributed by atoms with Crippen LogP contribution in [0, 0.1) is 17.5 Å². The Hall–Kier alpha value is -0.0600. The lowest BCUT2D eigenvalue weighted by Gasteiger charge is -2.32. The topological polar surface area (TPSA) is 17.8 Å². The molecule has 0 bridgehead atoms. The molecule has 21 heavy (non-hydrogen) atoms. The van der Waals surface area contributed by atoms with Crippen LogP contribution >= 0.6 is 22.6 Å². The second kappa shape index (κ2) is 9.16. The van der Waals surface area contributed by atoms with E-state index in [0.29, 0.717) is 0 Å². The van der Waals surface area contributed by atoms with E-state index in [2.05, 4.69) is 61.9 Å². The maximum Gasteiger partial charge on any atom is 0.126 e. The summed E-state index contributed by atoms with van der Waals surface area (Å²) in [5.41, 5.74) is 2.90. The van der Waals surface area contributed by atoms with Crippen molar-refractivity contribution in [3.63, 3.8) is 0 Å². The maximum absolute atomic E-state index is 4.85. The van der Waals surface area contributed by atoms with Crippen LogP contribution in [0.4, 0.5) is 0 Å². The van der Waals surface area contributed by atoms with Gasteiger partial charge in [-0.2, -0.15) is 5.10 Å². The standard InChI is InChI=1S/C18H33IN2/c1-6-8-10-11-12-14-18(5,13-9-7-2)21-16(4)15(3)17(19)20-21/h6-14H2,1-5H3. The van der Waals surface area contributed by atoms with Gasteiger partial charge in [0.25, 0.3) is 0 Å². The van der Waals surface area contributed by atoms with Crippen LogP contribution in [0.3, 0.4) is 0 Å². The van der Waals surface area contributed by atoms with Crippen molar-refractivity contribution in [2.45, 2.75) is 97.9 Å². The lowest BCUT2D eigenvalue weighted by molar-refractivity contribution is 0.223. The lowest BCUT2D eigenvalue weighted by atomic mass is 9.88. The summed E-state index contributed by atoms with van der Waals surface area (Å²) in [6.07, 6.45) is 11.8. The van der Waals surface area contributed by atoms with Crippen LogP contribution in [-0.4, -0.2) is 9.78 Å². The molecule has 1 aromatic heterocycles. The summed E-state index contributed by atoms with van der Waals surface area (Å²) in [4.78, 5) is 0. The number of nitrogens with zero attached hydrogens (tertiary/aromatic N) is 2. The van der Waals surface area contributed by atoms with Crippen molar-refractivity contribution in [2.24, 2.45) is 0 Å². The molecule has 0 spiro atoms. The van der Waals surface area contributed by atoms with E-state index in [1.165, 1.54) is 72.7 Å². The van der Waals surface area contributed by atoms with Gasteiger partial charge >= 0.3 is 0 Å². The van der Waals surface area contributed by atoms with Crippen LogP contribution in [0.15, 0.2) is 0 Å². The summed E-state index contributed by atoms with van der Waals surface area (Å²) in [5.74, 6) is 0. The van der Waals surface area contributed by atoms with Gasteiger partial charge in [0.15, 0.2) is 0 Å². The minimum absolute atomic E-state index is 0.195. The van der Waals surface area contributed by atoms with E-state index in [0.717, 1.165) is 0 Å². The van der Waals surface area contributed by atoms with Crippen molar-refractivity contribution in [3.8, 4) is 0 Å². The van der Waals surface area contributed by atoms with Gasteiger partial charge < -0.3 is 0 Å². The third-order valence-corrected chi connectivity index (χ3v) is 5.78. The van der Waals surface area contributed by atoms with E-state index in [9.17, 15) is 0 Å². The Bertz CT molecular complexity index is 425. The Labute approximate surface area is 145 Å². The summed E-state index contributed by atoms with van der Waals surface area (Å²) in [6.45, 7) is 11.4. The second-order valence-electron chi connectivity index (χ2n) is 6.68. The molecule has 0 aliphatic heterocycles. The van der Waals surface area contributed by atoms with Gasteiger partial charge in [-0.1, -0.05) is 58.8 Å². The van der Waals surface area contributed by atoms with Crippen LogP contribution < -0.4 is 0 Å². The molecular formula is C18H33IN2. The zero-order valence-corrected chi connectivity index (χ0v) is 16.8. The van der Waals surface area contributed by atoms with Crippen molar-refractivity contribution in [3.05, 3.63) is 15.0 Å². The highest BCUT2D eigenvalue weighted by molar-refractivity contribution is 14.1. The minimum Gasteiger partial charge on any atom is -0.263 e. The van der Waals surface area contributed by atoms with Gasteiger partial charge in [0.1, 0.15) is 3.70 Å². The van der Waals surface area contributed by atoms with E-state index in [1.54, 1.807) is 0 Å². The number of unbranched alkanes of at least 4 members (excludes halogenated alkanes) is 5. The fourth-order valence-electron chi connectivity index (χ4n) is 3.08. The third-order valence-electron chi connectivity index (χ3n) is 4.76. The Kier molecular flexibility index (Phi) is 8.28. The average molecular weight is 404 g/mol. The number of hydrogen-bond acceptors (Lipinski definition) is 1. The van der Waals surface area contributed by atoms with Crippen LogP contribution in [0.25, 0.3) is 0 Å². The summed E-state index contributed by atoms with van der Waals surface area (Å²) in [5, 5.41) is 4.85. The molecule has 0 aliphatic carbocycles. The van der Waals surface area contributed by atoms with Gasteiger partial charge in [0.2, 0.25) is 0 Å². The minimum atomic E-state index is 0.195. The fourth-order valence-corrected chi connectivity index (χ4v) is 3.68. The highest BCUT2D eigenvalue weighted by Gasteiger charge is 2.29. The zero-order valence-electron chi connectivity index (χ0n) is 14.6. The van der Waals surface area contributed by atoms with Crippen molar-refractivity contribution in [1.82, 2.24) is 9.78 Å². The highest BCUT2D eigenvalue weighted by atomic mass is 127. The quantitative estimate of drug-likeness (QED) is 0.327. The first kappa shape index (κ1) is 19.0. The van der Waals surface area contributed by atoms with Crippen LogP contribution in [0.1, 0.15) is 89.8 Å². The summed E-state index contributed by atoms with van der Waals surface area (Å²) < 4.78 is 3.50. The summed E-state index contributed by atoms with van der Waals surface area (Å²) >= 11 is 2.37. The van der Waals surface area contributed by atoms with Crippen molar-refractivity contribution in [1.29, 1.82) is 0 Å². The van der Waals surface area contributed by atoms with Gasteiger partial charge in [-0.25, -0.2) is 0 Å². The zero-order chi connectivity index (χ0) is 15.9. The summed E-state index contributed by atoms with van der Waals surface area (Å²) in [6, 6.07) is 0. The number of halogens is 1. The molecular weight excluding hydrogens is 371 g/mol. The van der Waals surface area contributed by atoms with Crippen LogP contribution in [-0.2, 0) is 5.54 Å². The average Bonchev–Trinajstić information content (AvgIpc) is 2.73. The van der Waals surface area contributed by atoms with Gasteiger partial charge in [-0.05, 0) is 56.2 Å².